The van der Waals surface area contributed by atoms with Crippen molar-refractivity contribution in [3.8, 4) is 11.8 Å². The highest BCUT2D eigenvalue weighted by Gasteiger charge is 2.04. The zero-order valence-corrected chi connectivity index (χ0v) is 7.99. The highest BCUT2D eigenvalue weighted by atomic mass is 16.3. The molecular formula is C11H12N2O. The van der Waals surface area contributed by atoms with Gasteiger partial charge in [0.15, 0.2) is 0 Å². The third kappa shape index (κ3) is 2.12. The lowest BCUT2D eigenvalue weighted by Crippen LogP contribution is -1.92. The number of nitrogens with two attached hydrogens (primary N) is 1. The minimum absolute atomic E-state index is 0.0531. The molecular weight excluding hydrogens is 176 g/mol. The van der Waals surface area contributed by atoms with Crippen LogP contribution in [0.15, 0.2) is 18.2 Å². The Morgan fingerprint density at radius 3 is 2.86 bits per heavy atom. The van der Waals surface area contributed by atoms with Gasteiger partial charge in [-0.3, -0.25) is 0 Å². The predicted octanol–water partition coefficient (Wildman–Crippen LogP) is 1.54. The molecule has 0 unspecified atom stereocenters. The molecule has 3 heteroatoms. The number of nitrogens with zero attached hydrogens (tertiary/aromatic N) is 1. The van der Waals surface area contributed by atoms with E-state index in [-0.39, 0.29) is 5.75 Å². The molecule has 0 aliphatic heterocycles. The van der Waals surface area contributed by atoms with Gasteiger partial charge in [0.05, 0.1) is 5.56 Å². The van der Waals surface area contributed by atoms with E-state index in [4.69, 9.17) is 11.0 Å². The summed E-state index contributed by atoms with van der Waals surface area (Å²) in [4.78, 5) is 0. The summed E-state index contributed by atoms with van der Waals surface area (Å²) in [6.07, 6.45) is 3.63. The van der Waals surface area contributed by atoms with Gasteiger partial charge in [-0.05, 0) is 30.2 Å². The Labute approximate surface area is 83.1 Å². The van der Waals surface area contributed by atoms with Crippen LogP contribution in [-0.2, 0) is 0 Å². The number of aryl methyl sites for hydroxylation is 1. The van der Waals surface area contributed by atoms with E-state index in [0.29, 0.717) is 17.7 Å². The molecule has 3 N–H and O–H groups in total. The molecule has 0 saturated carbocycles. The van der Waals surface area contributed by atoms with Crippen LogP contribution in [0.1, 0.15) is 16.7 Å². The third-order valence-electron chi connectivity index (χ3n) is 1.89. The summed E-state index contributed by atoms with van der Waals surface area (Å²) in [7, 11) is 0. The van der Waals surface area contributed by atoms with Crippen molar-refractivity contribution < 1.29 is 5.11 Å². The molecule has 1 rings (SSSR count). The average Bonchev–Trinajstić information content (AvgIpc) is 2.19. The monoisotopic (exact) mass is 188 g/mol. The lowest BCUT2D eigenvalue weighted by atomic mass is 10.1. The Hall–Kier alpha value is -1.79. The van der Waals surface area contributed by atoms with Crippen LogP contribution in [0.4, 0.5) is 0 Å². The largest absolute Gasteiger partial charge is 0.506 e. The highest BCUT2D eigenvalue weighted by molar-refractivity contribution is 5.59. The van der Waals surface area contributed by atoms with Crippen LogP contribution in [0.25, 0.3) is 6.08 Å². The van der Waals surface area contributed by atoms with E-state index in [0.717, 1.165) is 5.56 Å². The van der Waals surface area contributed by atoms with Gasteiger partial charge in [-0.2, -0.15) is 5.26 Å². The van der Waals surface area contributed by atoms with E-state index in [1.54, 1.807) is 19.1 Å². The Balaban J connectivity index is 3.18. The fourth-order valence-electron chi connectivity index (χ4n) is 1.19. The van der Waals surface area contributed by atoms with Gasteiger partial charge in [-0.1, -0.05) is 12.2 Å². The first-order valence-corrected chi connectivity index (χ1v) is 4.29. The molecule has 14 heavy (non-hydrogen) atoms. The Bertz CT molecular complexity index is 402. The highest BCUT2D eigenvalue weighted by Crippen LogP contribution is 2.23. The molecule has 1 aromatic rings. The lowest BCUT2D eigenvalue weighted by molar-refractivity contribution is 0.469. The van der Waals surface area contributed by atoms with E-state index < -0.39 is 0 Å². The molecule has 0 amide bonds. The number of hydrogen-bond donors (Lipinski definition) is 2. The summed E-state index contributed by atoms with van der Waals surface area (Å²) in [5, 5.41) is 18.2. The SMILES string of the molecule is Cc1cc(/C=C/CN)cc(C#N)c1O. The standard InChI is InChI=1S/C11H12N2O/c1-8-5-9(3-2-4-12)6-10(7-13)11(8)14/h2-3,5-6,14H,4,12H2,1H3/b3-2+. The van der Waals surface area contributed by atoms with Crippen LogP contribution in [0, 0.1) is 18.3 Å². The van der Waals surface area contributed by atoms with Crippen LogP contribution in [0.2, 0.25) is 0 Å². The summed E-state index contributed by atoms with van der Waals surface area (Å²) < 4.78 is 0. The second-order valence-corrected chi connectivity index (χ2v) is 2.98. The van der Waals surface area contributed by atoms with Gasteiger partial charge in [0, 0.05) is 6.54 Å². The van der Waals surface area contributed by atoms with Gasteiger partial charge in [0.2, 0.25) is 0 Å². The Morgan fingerprint density at radius 1 is 1.57 bits per heavy atom. The minimum atomic E-state index is 0.0531. The van der Waals surface area contributed by atoms with Crippen molar-refractivity contribution in [2.45, 2.75) is 6.92 Å². The van der Waals surface area contributed by atoms with Crippen molar-refractivity contribution in [3.05, 3.63) is 34.9 Å². The van der Waals surface area contributed by atoms with Gasteiger partial charge >= 0.3 is 0 Å². The topological polar surface area (TPSA) is 70.0 Å². The fourth-order valence-corrected chi connectivity index (χ4v) is 1.19. The quantitative estimate of drug-likeness (QED) is 0.739. The summed E-state index contributed by atoms with van der Waals surface area (Å²) >= 11 is 0. The van der Waals surface area contributed by atoms with Gasteiger partial charge < -0.3 is 10.8 Å². The first kappa shape index (κ1) is 10.3. The van der Waals surface area contributed by atoms with Crippen molar-refractivity contribution in [2.24, 2.45) is 5.73 Å². The smallest absolute Gasteiger partial charge is 0.136 e. The van der Waals surface area contributed by atoms with Crippen LogP contribution >= 0.6 is 0 Å². The lowest BCUT2D eigenvalue weighted by Gasteiger charge is -2.02. The maximum absolute atomic E-state index is 9.48. The summed E-state index contributed by atoms with van der Waals surface area (Å²) in [6.45, 7) is 2.22. The van der Waals surface area contributed by atoms with Crippen LogP contribution in [0.3, 0.4) is 0 Å². The van der Waals surface area contributed by atoms with Crippen LogP contribution in [0.5, 0.6) is 5.75 Å². The predicted molar refractivity (Wildman–Crippen MR) is 55.6 cm³/mol. The third-order valence-corrected chi connectivity index (χ3v) is 1.89. The molecule has 0 bridgehead atoms. The molecule has 0 aliphatic carbocycles. The number of hydrogen-bond acceptors (Lipinski definition) is 3. The Kier molecular flexibility index (Phi) is 3.27. The first-order chi connectivity index (χ1) is 6.69. The number of aromatic hydroxyl groups is 1. The van der Waals surface area contributed by atoms with Gasteiger partial charge in [-0.15, -0.1) is 0 Å². The Morgan fingerprint density at radius 2 is 2.29 bits per heavy atom. The zero-order valence-electron chi connectivity index (χ0n) is 7.99. The van der Waals surface area contributed by atoms with E-state index >= 15 is 0 Å². The van der Waals surface area contributed by atoms with E-state index in [2.05, 4.69) is 0 Å². The summed E-state index contributed by atoms with van der Waals surface area (Å²) in [6, 6.07) is 5.38. The maximum atomic E-state index is 9.48. The summed E-state index contributed by atoms with van der Waals surface area (Å²) in [5.41, 5.74) is 7.18. The number of rotatable bonds is 2. The molecule has 1 aromatic carbocycles. The maximum Gasteiger partial charge on any atom is 0.136 e. The molecule has 0 spiro atoms. The minimum Gasteiger partial charge on any atom is -0.506 e. The van der Waals surface area contributed by atoms with Gasteiger partial charge in [-0.25, -0.2) is 0 Å². The van der Waals surface area contributed by atoms with Crippen molar-refractivity contribution >= 4 is 6.08 Å². The molecule has 0 atom stereocenters. The van der Waals surface area contributed by atoms with Crippen LogP contribution in [-0.4, -0.2) is 11.7 Å². The van der Waals surface area contributed by atoms with Crippen molar-refractivity contribution in [3.63, 3.8) is 0 Å². The van der Waals surface area contributed by atoms with Gasteiger partial charge in [0.25, 0.3) is 0 Å². The molecule has 0 aliphatic rings. The summed E-state index contributed by atoms with van der Waals surface area (Å²) in [5.74, 6) is 0.0531. The molecule has 0 radical (unpaired) electrons. The van der Waals surface area contributed by atoms with Crippen molar-refractivity contribution in [1.82, 2.24) is 0 Å². The second kappa shape index (κ2) is 4.45. The number of phenolic OH excluding ortho intramolecular Hbond substituents is 1. The van der Waals surface area contributed by atoms with Crippen molar-refractivity contribution in [1.29, 1.82) is 5.26 Å². The number of nitriles is 1. The molecule has 0 saturated heterocycles. The molecule has 0 aromatic heterocycles. The van der Waals surface area contributed by atoms with E-state index in [9.17, 15) is 5.11 Å². The average molecular weight is 188 g/mol. The number of benzene rings is 1. The van der Waals surface area contributed by atoms with E-state index in [1.165, 1.54) is 0 Å². The number of phenols is 1. The molecule has 0 heterocycles. The van der Waals surface area contributed by atoms with Crippen molar-refractivity contribution in [2.75, 3.05) is 6.54 Å². The molecule has 3 nitrogen and oxygen atoms in total. The van der Waals surface area contributed by atoms with E-state index in [1.807, 2.05) is 18.2 Å². The van der Waals surface area contributed by atoms with Crippen LogP contribution < -0.4 is 5.73 Å². The molecule has 72 valence electrons. The van der Waals surface area contributed by atoms with Gasteiger partial charge in [0.1, 0.15) is 11.8 Å². The first-order valence-electron chi connectivity index (χ1n) is 4.29. The molecule has 0 fully saturated rings. The zero-order chi connectivity index (χ0) is 10.6. The second-order valence-electron chi connectivity index (χ2n) is 2.98. The fraction of sp³-hybridized carbons (Fsp3) is 0.182. The normalized spacial score (nSPS) is 10.4.